The number of unbranched alkanes of at least 4 members (excludes halogenated alkanes) is 2. The van der Waals surface area contributed by atoms with Gasteiger partial charge in [-0.2, -0.15) is 0 Å². The van der Waals surface area contributed by atoms with E-state index in [4.69, 9.17) is 4.74 Å². The number of amides is 1. The van der Waals surface area contributed by atoms with Gasteiger partial charge in [0.15, 0.2) is 0 Å². The van der Waals surface area contributed by atoms with Crippen molar-refractivity contribution in [3.8, 4) is 16.9 Å². The maximum absolute atomic E-state index is 11.8. The molecule has 1 N–H and O–H groups in total. The standard InChI is InChI=1S/C20H22BrNO3/c1-15(23)22-14-4-2-3-5-20(24)25-19-12-8-17(9-13-19)16-6-10-18(21)11-7-16/h6-13H,2-5,14H2,1H3,(H,22,23). The van der Waals surface area contributed by atoms with Gasteiger partial charge >= 0.3 is 5.97 Å². The molecule has 2 aromatic rings. The van der Waals surface area contributed by atoms with Crippen LogP contribution in [0.4, 0.5) is 0 Å². The molecule has 5 heteroatoms. The van der Waals surface area contributed by atoms with Gasteiger partial charge in [-0.25, -0.2) is 0 Å². The Morgan fingerprint density at radius 1 is 0.920 bits per heavy atom. The molecule has 25 heavy (non-hydrogen) atoms. The first-order chi connectivity index (χ1) is 12.0. The highest BCUT2D eigenvalue weighted by Crippen LogP contribution is 2.24. The van der Waals surface area contributed by atoms with E-state index in [0.29, 0.717) is 18.7 Å². The molecule has 0 saturated heterocycles. The minimum Gasteiger partial charge on any atom is -0.427 e. The van der Waals surface area contributed by atoms with Gasteiger partial charge in [0.2, 0.25) is 5.91 Å². The first-order valence-electron chi connectivity index (χ1n) is 8.36. The van der Waals surface area contributed by atoms with E-state index in [1.807, 2.05) is 48.5 Å². The summed E-state index contributed by atoms with van der Waals surface area (Å²) in [4.78, 5) is 22.6. The van der Waals surface area contributed by atoms with Crippen LogP contribution in [-0.4, -0.2) is 18.4 Å². The van der Waals surface area contributed by atoms with Crippen LogP contribution in [0.25, 0.3) is 11.1 Å². The van der Waals surface area contributed by atoms with E-state index in [1.54, 1.807) is 0 Å². The number of hydrogen-bond donors (Lipinski definition) is 1. The van der Waals surface area contributed by atoms with Crippen LogP contribution in [0.2, 0.25) is 0 Å². The Hall–Kier alpha value is -2.14. The molecule has 2 rings (SSSR count). The van der Waals surface area contributed by atoms with Gasteiger partial charge in [0.05, 0.1) is 0 Å². The predicted octanol–water partition coefficient (Wildman–Crippen LogP) is 4.72. The van der Waals surface area contributed by atoms with E-state index in [2.05, 4.69) is 21.2 Å². The maximum atomic E-state index is 11.8. The molecule has 4 nitrogen and oxygen atoms in total. The lowest BCUT2D eigenvalue weighted by Gasteiger charge is -2.06. The molecular formula is C20H22BrNO3. The van der Waals surface area contributed by atoms with Gasteiger partial charge in [0, 0.05) is 24.4 Å². The Kier molecular flexibility index (Phi) is 7.67. The second-order valence-corrected chi connectivity index (χ2v) is 6.71. The van der Waals surface area contributed by atoms with Gasteiger partial charge in [0.1, 0.15) is 5.75 Å². The first-order valence-corrected chi connectivity index (χ1v) is 9.15. The fraction of sp³-hybridized carbons (Fsp3) is 0.300. The van der Waals surface area contributed by atoms with Gasteiger partial charge in [-0.3, -0.25) is 9.59 Å². The molecule has 2 aromatic carbocycles. The van der Waals surface area contributed by atoms with Crippen molar-refractivity contribution >= 4 is 27.8 Å². The summed E-state index contributed by atoms with van der Waals surface area (Å²) in [5.74, 6) is 0.311. The molecule has 0 atom stereocenters. The molecule has 0 saturated carbocycles. The van der Waals surface area contributed by atoms with Crippen LogP contribution in [0, 0.1) is 0 Å². The van der Waals surface area contributed by atoms with Crippen LogP contribution in [-0.2, 0) is 9.59 Å². The first kappa shape index (κ1) is 19.2. The number of esters is 1. The lowest BCUT2D eigenvalue weighted by Crippen LogP contribution is -2.20. The van der Waals surface area contributed by atoms with Crippen molar-refractivity contribution in [3.05, 3.63) is 53.0 Å². The Balaban J connectivity index is 1.74. The van der Waals surface area contributed by atoms with Gasteiger partial charge < -0.3 is 10.1 Å². The highest BCUT2D eigenvalue weighted by atomic mass is 79.9. The fourth-order valence-electron chi connectivity index (χ4n) is 2.38. The molecule has 0 aliphatic heterocycles. The van der Waals surface area contributed by atoms with Gasteiger partial charge in [0.25, 0.3) is 0 Å². The molecule has 0 heterocycles. The molecule has 0 bridgehead atoms. The second-order valence-electron chi connectivity index (χ2n) is 5.80. The van der Waals surface area contributed by atoms with E-state index in [1.165, 1.54) is 6.92 Å². The van der Waals surface area contributed by atoms with Crippen LogP contribution >= 0.6 is 15.9 Å². The largest absolute Gasteiger partial charge is 0.427 e. The summed E-state index contributed by atoms with van der Waals surface area (Å²) in [5, 5.41) is 2.74. The van der Waals surface area contributed by atoms with E-state index in [-0.39, 0.29) is 11.9 Å². The summed E-state index contributed by atoms with van der Waals surface area (Å²) in [6.45, 7) is 2.15. The zero-order valence-electron chi connectivity index (χ0n) is 14.3. The number of rotatable bonds is 8. The molecule has 0 unspecified atom stereocenters. The number of carbonyl (C=O) groups is 2. The van der Waals surface area contributed by atoms with Crippen molar-refractivity contribution in [1.29, 1.82) is 0 Å². The normalized spacial score (nSPS) is 10.3. The van der Waals surface area contributed by atoms with Crippen molar-refractivity contribution in [1.82, 2.24) is 5.32 Å². The molecule has 0 aliphatic rings. The lowest BCUT2D eigenvalue weighted by molar-refractivity contribution is -0.134. The van der Waals surface area contributed by atoms with Crippen molar-refractivity contribution < 1.29 is 14.3 Å². The molecular weight excluding hydrogens is 382 g/mol. The monoisotopic (exact) mass is 403 g/mol. The second kappa shape index (κ2) is 9.99. The molecule has 0 radical (unpaired) electrons. The predicted molar refractivity (Wildman–Crippen MR) is 102 cm³/mol. The van der Waals surface area contributed by atoms with Crippen LogP contribution < -0.4 is 10.1 Å². The summed E-state index contributed by atoms with van der Waals surface area (Å²) in [6.07, 6.45) is 2.90. The fourth-order valence-corrected chi connectivity index (χ4v) is 2.64. The number of carbonyl (C=O) groups excluding carboxylic acids is 2. The number of nitrogens with one attached hydrogen (secondary N) is 1. The Morgan fingerprint density at radius 2 is 1.52 bits per heavy atom. The Labute approximate surface area is 156 Å². The quantitative estimate of drug-likeness (QED) is 0.394. The van der Waals surface area contributed by atoms with E-state index in [9.17, 15) is 9.59 Å². The van der Waals surface area contributed by atoms with Gasteiger partial charge in [-0.1, -0.05) is 46.6 Å². The van der Waals surface area contributed by atoms with Crippen LogP contribution in [0.1, 0.15) is 32.6 Å². The van der Waals surface area contributed by atoms with E-state index >= 15 is 0 Å². The average Bonchev–Trinajstić information content (AvgIpc) is 2.59. The Morgan fingerprint density at radius 3 is 2.12 bits per heavy atom. The number of ether oxygens (including phenoxy) is 1. The SMILES string of the molecule is CC(=O)NCCCCCC(=O)Oc1ccc(-c2ccc(Br)cc2)cc1. The number of hydrogen-bond acceptors (Lipinski definition) is 3. The smallest absolute Gasteiger partial charge is 0.311 e. The lowest BCUT2D eigenvalue weighted by atomic mass is 10.1. The summed E-state index contributed by atoms with van der Waals surface area (Å²) in [5.41, 5.74) is 2.19. The molecule has 0 spiro atoms. The zero-order valence-corrected chi connectivity index (χ0v) is 15.8. The Bertz CT molecular complexity index is 696. The highest BCUT2D eigenvalue weighted by Gasteiger charge is 2.05. The average molecular weight is 404 g/mol. The molecule has 132 valence electrons. The van der Waals surface area contributed by atoms with Gasteiger partial charge in [-0.05, 0) is 48.2 Å². The minimum atomic E-state index is -0.226. The van der Waals surface area contributed by atoms with E-state index in [0.717, 1.165) is 34.9 Å². The van der Waals surface area contributed by atoms with Crippen molar-refractivity contribution in [2.45, 2.75) is 32.6 Å². The summed E-state index contributed by atoms with van der Waals surface area (Å²) >= 11 is 3.42. The van der Waals surface area contributed by atoms with Gasteiger partial charge in [-0.15, -0.1) is 0 Å². The summed E-state index contributed by atoms with van der Waals surface area (Å²) in [6, 6.07) is 15.6. The summed E-state index contributed by atoms with van der Waals surface area (Å²) in [7, 11) is 0. The van der Waals surface area contributed by atoms with Crippen LogP contribution in [0.15, 0.2) is 53.0 Å². The molecule has 0 aliphatic carbocycles. The van der Waals surface area contributed by atoms with Crippen LogP contribution in [0.3, 0.4) is 0 Å². The van der Waals surface area contributed by atoms with Crippen molar-refractivity contribution in [2.75, 3.05) is 6.54 Å². The third-order valence-electron chi connectivity index (χ3n) is 3.70. The third kappa shape index (κ3) is 7.10. The topological polar surface area (TPSA) is 55.4 Å². The van der Waals surface area contributed by atoms with Crippen molar-refractivity contribution in [3.63, 3.8) is 0 Å². The maximum Gasteiger partial charge on any atom is 0.311 e. The van der Waals surface area contributed by atoms with Crippen LogP contribution in [0.5, 0.6) is 5.75 Å². The van der Waals surface area contributed by atoms with E-state index < -0.39 is 0 Å². The minimum absolute atomic E-state index is 0.0222. The number of halogens is 1. The van der Waals surface area contributed by atoms with Crippen molar-refractivity contribution in [2.24, 2.45) is 0 Å². The number of benzene rings is 2. The highest BCUT2D eigenvalue weighted by molar-refractivity contribution is 9.10. The summed E-state index contributed by atoms with van der Waals surface area (Å²) < 4.78 is 6.39. The third-order valence-corrected chi connectivity index (χ3v) is 4.22. The molecule has 0 fully saturated rings. The zero-order chi connectivity index (χ0) is 18.1. The molecule has 1 amide bonds. The molecule has 0 aromatic heterocycles.